The molecule has 0 atom stereocenters. The van der Waals surface area contributed by atoms with E-state index < -0.39 is 5.91 Å². The Morgan fingerprint density at radius 2 is 1.89 bits per heavy atom. The van der Waals surface area contributed by atoms with E-state index in [0.29, 0.717) is 18.2 Å². The molecule has 0 bridgehead atoms. The summed E-state index contributed by atoms with van der Waals surface area (Å²) < 4.78 is 4.22. The van der Waals surface area contributed by atoms with Crippen molar-refractivity contribution in [3.05, 3.63) is 39.9 Å². The SMILES string of the molecule is Cc1cccc(N(CC(=O)NCCC(C)C)C(=O)c2snc(C(=O)NC3CCCCC3)c2N)c1C. The van der Waals surface area contributed by atoms with Crippen LogP contribution in [-0.2, 0) is 4.79 Å². The van der Waals surface area contributed by atoms with Gasteiger partial charge in [0.2, 0.25) is 5.91 Å². The smallest absolute Gasteiger partial charge is 0.273 e. The molecular weight excluding hydrogens is 462 g/mol. The van der Waals surface area contributed by atoms with Crippen LogP contribution in [0.3, 0.4) is 0 Å². The monoisotopic (exact) mass is 499 g/mol. The summed E-state index contributed by atoms with van der Waals surface area (Å²) in [4.78, 5) is 40.8. The highest BCUT2D eigenvalue weighted by molar-refractivity contribution is 7.09. The van der Waals surface area contributed by atoms with E-state index in [1.54, 1.807) is 0 Å². The lowest BCUT2D eigenvalue weighted by Crippen LogP contribution is -2.41. The number of carbonyl (C=O) groups excluding carboxylic acids is 3. The van der Waals surface area contributed by atoms with Crippen LogP contribution < -0.4 is 21.3 Å². The van der Waals surface area contributed by atoms with Crippen LogP contribution in [-0.4, -0.2) is 41.2 Å². The van der Waals surface area contributed by atoms with Gasteiger partial charge >= 0.3 is 0 Å². The fourth-order valence-electron chi connectivity index (χ4n) is 4.23. The van der Waals surface area contributed by atoms with Gasteiger partial charge in [-0.2, -0.15) is 4.37 Å². The topological polar surface area (TPSA) is 117 Å². The molecule has 2 aromatic rings. The lowest BCUT2D eigenvalue weighted by Gasteiger charge is -2.24. The third-order valence-electron chi connectivity index (χ3n) is 6.54. The van der Waals surface area contributed by atoms with Gasteiger partial charge in [0.1, 0.15) is 11.4 Å². The second-order valence-corrected chi connectivity index (χ2v) is 10.5. The minimum atomic E-state index is -0.440. The molecule has 0 unspecified atom stereocenters. The highest BCUT2D eigenvalue weighted by Gasteiger charge is 2.29. The first kappa shape index (κ1) is 26.7. The number of aryl methyl sites for hydroxylation is 1. The van der Waals surface area contributed by atoms with Crippen LogP contribution in [0, 0.1) is 19.8 Å². The summed E-state index contributed by atoms with van der Waals surface area (Å²) in [7, 11) is 0. The number of nitrogen functional groups attached to an aromatic ring is 1. The van der Waals surface area contributed by atoms with Crippen molar-refractivity contribution < 1.29 is 14.4 Å². The molecule has 35 heavy (non-hydrogen) atoms. The fraction of sp³-hybridized carbons (Fsp3) is 0.538. The molecule has 1 aromatic heterocycles. The lowest BCUT2D eigenvalue weighted by atomic mass is 9.95. The summed E-state index contributed by atoms with van der Waals surface area (Å²) in [5, 5.41) is 5.90. The van der Waals surface area contributed by atoms with Crippen LogP contribution >= 0.6 is 11.5 Å². The van der Waals surface area contributed by atoms with Crippen LogP contribution in [0.1, 0.15) is 83.7 Å². The Bertz CT molecular complexity index is 1060. The van der Waals surface area contributed by atoms with Gasteiger partial charge in [-0.1, -0.05) is 45.2 Å². The van der Waals surface area contributed by atoms with Gasteiger partial charge < -0.3 is 16.4 Å². The first-order chi connectivity index (χ1) is 16.7. The number of rotatable bonds is 9. The van der Waals surface area contributed by atoms with E-state index in [-0.39, 0.29) is 40.7 Å². The third-order valence-corrected chi connectivity index (χ3v) is 7.39. The summed E-state index contributed by atoms with van der Waals surface area (Å²) in [6.07, 6.45) is 6.09. The Morgan fingerprint density at radius 1 is 1.17 bits per heavy atom. The first-order valence-corrected chi connectivity index (χ1v) is 13.2. The normalized spacial score (nSPS) is 14.1. The molecule has 9 heteroatoms. The van der Waals surface area contributed by atoms with Crippen molar-refractivity contribution in [3.8, 4) is 0 Å². The molecule has 4 N–H and O–H groups in total. The Labute approximate surface area is 211 Å². The molecule has 0 aliphatic heterocycles. The number of nitrogens with zero attached hydrogens (tertiary/aromatic N) is 2. The largest absolute Gasteiger partial charge is 0.395 e. The standard InChI is InChI=1S/C26H37N5O3S/c1-16(2)13-14-28-21(32)15-31(20-12-8-9-17(3)18(20)4)26(34)24-22(27)23(30-35-24)25(33)29-19-10-6-5-7-11-19/h8-9,12,16,19H,5-7,10-11,13-15,27H2,1-4H3,(H,28,32)(H,29,33). The van der Waals surface area contributed by atoms with E-state index in [0.717, 1.165) is 54.8 Å². The molecular formula is C26H37N5O3S. The predicted molar refractivity (Wildman–Crippen MR) is 141 cm³/mol. The molecule has 1 fully saturated rings. The molecule has 190 valence electrons. The number of benzene rings is 1. The summed E-state index contributed by atoms with van der Waals surface area (Å²) in [5.74, 6) is -0.584. The number of anilines is 2. The predicted octanol–water partition coefficient (Wildman–Crippen LogP) is 4.21. The van der Waals surface area contributed by atoms with Crippen molar-refractivity contribution in [2.24, 2.45) is 5.92 Å². The number of nitrogens with two attached hydrogens (primary N) is 1. The van der Waals surface area contributed by atoms with Crippen LogP contribution in [0.2, 0.25) is 0 Å². The molecule has 1 aliphatic rings. The fourth-order valence-corrected chi connectivity index (χ4v) is 4.98. The van der Waals surface area contributed by atoms with Gasteiger partial charge in [0.25, 0.3) is 11.8 Å². The second-order valence-electron chi connectivity index (χ2n) is 9.73. The average molecular weight is 500 g/mol. The molecule has 1 aromatic carbocycles. The van der Waals surface area contributed by atoms with E-state index in [1.165, 1.54) is 11.3 Å². The first-order valence-electron chi connectivity index (χ1n) is 12.4. The zero-order valence-electron chi connectivity index (χ0n) is 21.1. The van der Waals surface area contributed by atoms with Crippen LogP contribution in [0.4, 0.5) is 11.4 Å². The highest BCUT2D eigenvalue weighted by Crippen LogP contribution is 2.29. The molecule has 1 aliphatic carbocycles. The van der Waals surface area contributed by atoms with Gasteiger partial charge in [0.05, 0.1) is 5.69 Å². The van der Waals surface area contributed by atoms with Gasteiger partial charge in [-0.05, 0) is 67.8 Å². The number of hydrogen-bond acceptors (Lipinski definition) is 6. The molecule has 0 saturated heterocycles. The molecule has 0 radical (unpaired) electrons. The zero-order chi connectivity index (χ0) is 25.5. The third kappa shape index (κ3) is 6.81. The highest BCUT2D eigenvalue weighted by atomic mass is 32.1. The number of amides is 3. The molecule has 3 rings (SSSR count). The Kier molecular flexibility index (Phi) is 9.26. The summed E-state index contributed by atoms with van der Waals surface area (Å²) in [6.45, 7) is 8.45. The van der Waals surface area contributed by atoms with Crippen LogP contribution in [0.25, 0.3) is 0 Å². The van der Waals surface area contributed by atoms with Gasteiger partial charge in [-0.25, -0.2) is 0 Å². The van der Waals surface area contributed by atoms with Crippen molar-refractivity contribution in [2.75, 3.05) is 23.7 Å². The maximum Gasteiger partial charge on any atom is 0.273 e. The average Bonchev–Trinajstić information content (AvgIpc) is 3.21. The maximum absolute atomic E-state index is 13.7. The number of nitrogens with one attached hydrogen (secondary N) is 2. The van der Waals surface area contributed by atoms with E-state index in [1.807, 2.05) is 32.0 Å². The van der Waals surface area contributed by atoms with Gasteiger partial charge in [-0.15, -0.1) is 0 Å². The summed E-state index contributed by atoms with van der Waals surface area (Å²) in [6, 6.07) is 5.74. The van der Waals surface area contributed by atoms with Crippen molar-refractivity contribution in [1.29, 1.82) is 0 Å². The number of aromatic nitrogens is 1. The minimum absolute atomic E-state index is 0.0591. The second kappa shape index (κ2) is 12.2. The van der Waals surface area contributed by atoms with E-state index in [4.69, 9.17) is 5.73 Å². The molecule has 1 saturated carbocycles. The van der Waals surface area contributed by atoms with Crippen molar-refractivity contribution in [2.45, 2.75) is 72.3 Å². The number of hydrogen-bond donors (Lipinski definition) is 3. The minimum Gasteiger partial charge on any atom is -0.395 e. The van der Waals surface area contributed by atoms with Gasteiger partial charge in [0, 0.05) is 18.3 Å². The van der Waals surface area contributed by atoms with E-state index in [9.17, 15) is 14.4 Å². The zero-order valence-corrected chi connectivity index (χ0v) is 22.0. The maximum atomic E-state index is 13.7. The Morgan fingerprint density at radius 3 is 2.57 bits per heavy atom. The van der Waals surface area contributed by atoms with Gasteiger partial charge in [-0.3, -0.25) is 19.3 Å². The van der Waals surface area contributed by atoms with Crippen molar-refractivity contribution >= 4 is 40.6 Å². The molecule has 8 nitrogen and oxygen atoms in total. The van der Waals surface area contributed by atoms with Crippen molar-refractivity contribution in [3.63, 3.8) is 0 Å². The van der Waals surface area contributed by atoms with Crippen molar-refractivity contribution in [1.82, 2.24) is 15.0 Å². The van der Waals surface area contributed by atoms with Gasteiger partial charge in [0.15, 0.2) is 5.69 Å². The quantitative estimate of drug-likeness (QED) is 0.478. The molecule has 3 amide bonds. The van der Waals surface area contributed by atoms with E-state index in [2.05, 4.69) is 28.9 Å². The van der Waals surface area contributed by atoms with E-state index >= 15 is 0 Å². The Hall–Kier alpha value is -2.94. The lowest BCUT2D eigenvalue weighted by molar-refractivity contribution is -0.119. The summed E-state index contributed by atoms with van der Waals surface area (Å²) >= 11 is 0.898. The number of carbonyl (C=O) groups is 3. The molecule has 1 heterocycles. The Balaban J connectivity index is 1.83. The molecule has 0 spiro atoms. The van der Waals surface area contributed by atoms with Crippen LogP contribution in [0.15, 0.2) is 18.2 Å². The van der Waals surface area contributed by atoms with Crippen LogP contribution in [0.5, 0.6) is 0 Å². The summed E-state index contributed by atoms with van der Waals surface area (Å²) in [5.41, 5.74) is 8.95.